The van der Waals surface area contributed by atoms with Gasteiger partial charge >= 0.3 is 0 Å². The van der Waals surface area contributed by atoms with Gasteiger partial charge in [0.1, 0.15) is 0 Å². The van der Waals surface area contributed by atoms with Gasteiger partial charge in [0.25, 0.3) is 10.1 Å². The lowest BCUT2D eigenvalue weighted by molar-refractivity contribution is 0.291. The van der Waals surface area contributed by atoms with Crippen LogP contribution in [0.15, 0.2) is 29.2 Å². The molecule has 1 rings (SSSR count). The Hall–Kier alpha value is -0.870. The van der Waals surface area contributed by atoms with Gasteiger partial charge < -0.3 is 0 Å². The first kappa shape index (κ1) is 26.2. The third kappa shape index (κ3) is 9.65. The summed E-state index contributed by atoms with van der Waals surface area (Å²) in [7, 11) is -4.19. The van der Waals surface area contributed by atoms with Crippen molar-refractivity contribution in [3.05, 3.63) is 29.8 Å². The van der Waals surface area contributed by atoms with Crippen molar-refractivity contribution in [3.8, 4) is 0 Å². The molecule has 0 aliphatic rings. The third-order valence-electron chi connectivity index (χ3n) is 6.58. The second-order valence-electron chi connectivity index (χ2n) is 8.83. The highest BCUT2D eigenvalue weighted by atomic mass is 32.2. The van der Waals surface area contributed by atoms with Crippen LogP contribution < -0.4 is 0 Å². The molecule has 0 heterocycles. The molecule has 0 radical (unpaired) electrons. The molecule has 4 heteroatoms. The lowest BCUT2D eigenvalue weighted by atomic mass is 9.76. The summed E-state index contributed by atoms with van der Waals surface area (Å²) in [5.41, 5.74) is 0.764. The summed E-state index contributed by atoms with van der Waals surface area (Å²) in [6.07, 6.45) is 15.5. The molecule has 1 N–H and O–H groups in total. The average Bonchev–Trinajstić information content (AvgIpc) is 2.69. The van der Waals surface area contributed by atoms with Gasteiger partial charge in [-0.1, -0.05) is 117 Å². The molecule has 168 valence electrons. The molecule has 1 aromatic rings. The molecule has 3 atom stereocenters. The molecule has 0 bridgehead atoms. The van der Waals surface area contributed by atoms with Crippen LogP contribution in [0.25, 0.3) is 0 Å². The van der Waals surface area contributed by atoms with Gasteiger partial charge in [-0.3, -0.25) is 4.55 Å². The first-order valence-electron chi connectivity index (χ1n) is 11.9. The zero-order valence-corrected chi connectivity index (χ0v) is 20.0. The van der Waals surface area contributed by atoms with Crippen LogP contribution in [0.1, 0.15) is 116 Å². The molecule has 0 saturated carbocycles. The topological polar surface area (TPSA) is 54.4 Å². The minimum absolute atomic E-state index is 0.0739. The molecule has 1 aromatic carbocycles. The minimum Gasteiger partial charge on any atom is -0.282 e. The molecule has 29 heavy (non-hydrogen) atoms. The van der Waals surface area contributed by atoms with E-state index in [2.05, 4.69) is 27.7 Å². The Morgan fingerprint density at radius 3 is 1.86 bits per heavy atom. The van der Waals surface area contributed by atoms with Crippen LogP contribution in [0.5, 0.6) is 0 Å². The maximum Gasteiger partial charge on any atom is 0.294 e. The summed E-state index contributed by atoms with van der Waals surface area (Å²) in [5, 5.41) is 0. The van der Waals surface area contributed by atoms with Crippen molar-refractivity contribution in [2.24, 2.45) is 11.8 Å². The average molecular weight is 425 g/mol. The highest BCUT2D eigenvalue weighted by Crippen LogP contribution is 2.37. The first-order valence-corrected chi connectivity index (χ1v) is 13.3. The minimum atomic E-state index is -4.19. The van der Waals surface area contributed by atoms with Gasteiger partial charge in [0.05, 0.1) is 4.90 Å². The van der Waals surface area contributed by atoms with E-state index in [4.69, 9.17) is 0 Å². The Kier molecular flexibility index (Phi) is 12.8. The van der Waals surface area contributed by atoms with Crippen LogP contribution >= 0.6 is 0 Å². The van der Waals surface area contributed by atoms with E-state index in [0.717, 1.165) is 12.0 Å². The van der Waals surface area contributed by atoms with Crippen molar-refractivity contribution < 1.29 is 13.0 Å². The number of hydrogen-bond donors (Lipinski definition) is 1. The Morgan fingerprint density at radius 2 is 1.34 bits per heavy atom. The number of unbranched alkanes of at least 4 members (excludes halogenated alkanes) is 9. The second-order valence-corrected chi connectivity index (χ2v) is 10.2. The van der Waals surface area contributed by atoms with Crippen molar-refractivity contribution in [1.29, 1.82) is 0 Å². The van der Waals surface area contributed by atoms with E-state index < -0.39 is 10.1 Å². The van der Waals surface area contributed by atoms with Crippen molar-refractivity contribution in [3.63, 3.8) is 0 Å². The van der Waals surface area contributed by atoms with Crippen molar-refractivity contribution in [1.82, 2.24) is 0 Å². The summed E-state index contributed by atoms with van der Waals surface area (Å²) in [5.74, 6) is 1.05. The van der Waals surface area contributed by atoms with Gasteiger partial charge in [-0.25, -0.2) is 0 Å². The Bertz CT molecular complexity index is 654. The van der Waals surface area contributed by atoms with Crippen LogP contribution in [0.4, 0.5) is 0 Å². The first-order chi connectivity index (χ1) is 13.8. The van der Waals surface area contributed by atoms with E-state index in [9.17, 15) is 13.0 Å². The summed E-state index contributed by atoms with van der Waals surface area (Å²) in [4.78, 5) is 0.0739. The second kappa shape index (κ2) is 14.2. The van der Waals surface area contributed by atoms with E-state index in [1.165, 1.54) is 76.7 Å². The maximum absolute atomic E-state index is 11.8. The molecule has 3 unspecified atom stereocenters. The van der Waals surface area contributed by atoms with Crippen LogP contribution in [-0.2, 0) is 10.1 Å². The lowest BCUT2D eigenvalue weighted by Crippen LogP contribution is -2.19. The third-order valence-corrected chi connectivity index (χ3v) is 7.51. The molecule has 0 aliphatic carbocycles. The van der Waals surface area contributed by atoms with Crippen molar-refractivity contribution >= 4 is 10.1 Å². The van der Waals surface area contributed by atoms with Gasteiger partial charge in [0, 0.05) is 0 Å². The van der Waals surface area contributed by atoms with Crippen molar-refractivity contribution in [2.45, 2.75) is 116 Å². The largest absolute Gasteiger partial charge is 0.294 e. The standard InChI is InChI=1S/C25H44O3S/c1-5-7-8-9-10-11-12-13-14-15-18-21(3)22(4)23(6-2)24-19-16-17-20-25(24)29(26,27)28/h16-17,19-23H,5-15,18H2,1-4H3,(H,26,27,28). The fourth-order valence-corrected chi connectivity index (χ4v) is 5.28. The fourth-order valence-electron chi connectivity index (χ4n) is 4.51. The van der Waals surface area contributed by atoms with Crippen molar-refractivity contribution in [2.75, 3.05) is 0 Å². The fraction of sp³-hybridized carbons (Fsp3) is 0.760. The van der Waals surface area contributed by atoms with Gasteiger partial charge in [-0.2, -0.15) is 8.42 Å². The van der Waals surface area contributed by atoms with E-state index in [1.54, 1.807) is 6.07 Å². The highest BCUT2D eigenvalue weighted by molar-refractivity contribution is 7.85. The molecule has 0 aromatic heterocycles. The van der Waals surface area contributed by atoms with E-state index in [0.29, 0.717) is 11.8 Å². The Balaban J connectivity index is 2.43. The van der Waals surface area contributed by atoms with Crippen LogP contribution in [0.3, 0.4) is 0 Å². The lowest BCUT2D eigenvalue weighted by Gasteiger charge is -2.29. The Morgan fingerprint density at radius 1 is 0.828 bits per heavy atom. The predicted molar refractivity (Wildman–Crippen MR) is 124 cm³/mol. The SMILES string of the molecule is CCCCCCCCCCCCC(C)C(C)C(CC)c1ccccc1S(=O)(=O)O. The molecular formula is C25H44O3S. The summed E-state index contributed by atoms with van der Waals surface area (Å²) < 4.78 is 33.2. The molecule has 0 fully saturated rings. The highest BCUT2D eigenvalue weighted by Gasteiger charge is 2.27. The number of hydrogen-bond acceptors (Lipinski definition) is 2. The molecule has 0 spiro atoms. The van der Waals surface area contributed by atoms with E-state index in [-0.39, 0.29) is 10.8 Å². The Labute approximate surface area is 180 Å². The smallest absolute Gasteiger partial charge is 0.282 e. The summed E-state index contributed by atoms with van der Waals surface area (Å²) >= 11 is 0. The van der Waals surface area contributed by atoms with E-state index >= 15 is 0 Å². The van der Waals surface area contributed by atoms with Gasteiger partial charge in [-0.05, 0) is 35.8 Å². The van der Waals surface area contributed by atoms with Crippen LogP contribution in [0.2, 0.25) is 0 Å². The molecule has 0 amide bonds. The molecule has 0 saturated heterocycles. The van der Waals surface area contributed by atoms with Gasteiger partial charge in [-0.15, -0.1) is 0 Å². The van der Waals surface area contributed by atoms with Crippen LogP contribution in [-0.4, -0.2) is 13.0 Å². The molecular weight excluding hydrogens is 380 g/mol. The predicted octanol–water partition coefficient (Wildman–Crippen LogP) is 8.01. The van der Waals surface area contributed by atoms with Gasteiger partial charge in [0.2, 0.25) is 0 Å². The summed E-state index contributed by atoms with van der Waals surface area (Å²) in [6, 6.07) is 6.93. The zero-order valence-electron chi connectivity index (χ0n) is 19.2. The van der Waals surface area contributed by atoms with E-state index in [1.807, 2.05) is 12.1 Å². The molecule has 3 nitrogen and oxygen atoms in total. The molecule has 0 aliphatic heterocycles. The summed E-state index contributed by atoms with van der Waals surface area (Å²) in [6.45, 7) is 8.89. The quantitative estimate of drug-likeness (QED) is 0.216. The normalized spacial score (nSPS) is 15.2. The number of benzene rings is 1. The zero-order chi connectivity index (χ0) is 21.7. The maximum atomic E-state index is 11.8. The van der Waals surface area contributed by atoms with Gasteiger partial charge in [0.15, 0.2) is 0 Å². The van der Waals surface area contributed by atoms with Crippen LogP contribution in [0, 0.1) is 11.8 Å². The monoisotopic (exact) mass is 424 g/mol. The number of rotatable bonds is 16.